The smallest absolute Gasteiger partial charge is 0.243 e. The van der Waals surface area contributed by atoms with Crippen LogP contribution in [0.25, 0.3) is 0 Å². The number of nitrogens with zero attached hydrogens (tertiary/aromatic N) is 3. The first-order valence-electron chi connectivity index (χ1n) is 4.95. The molecule has 0 spiro atoms. The van der Waals surface area contributed by atoms with Gasteiger partial charge in [0.05, 0.1) is 11.4 Å². The summed E-state index contributed by atoms with van der Waals surface area (Å²) in [6, 6.07) is 9.58. The van der Waals surface area contributed by atoms with E-state index >= 15 is 0 Å². The molecule has 0 radical (unpaired) electrons. The Morgan fingerprint density at radius 1 is 1.31 bits per heavy atom. The highest BCUT2D eigenvalue weighted by Gasteiger charge is 2.29. The molecule has 1 amide bonds. The third kappa shape index (κ3) is 2.19. The van der Waals surface area contributed by atoms with Crippen LogP contribution in [0.5, 0.6) is 0 Å². The van der Waals surface area contributed by atoms with E-state index in [2.05, 4.69) is 5.10 Å². The molecule has 5 heteroatoms. The summed E-state index contributed by atoms with van der Waals surface area (Å²) in [5.41, 5.74) is 0.873. The number of thioether (sulfide) groups is 1. The van der Waals surface area contributed by atoms with Crippen molar-refractivity contribution in [3.8, 4) is 0 Å². The molecule has 1 saturated heterocycles. The summed E-state index contributed by atoms with van der Waals surface area (Å²) >= 11 is 1.47. The van der Waals surface area contributed by atoms with Gasteiger partial charge in [0.15, 0.2) is 5.17 Å². The molecule has 0 aromatic heterocycles. The van der Waals surface area contributed by atoms with E-state index in [1.807, 2.05) is 44.4 Å². The van der Waals surface area contributed by atoms with Crippen LogP contribution in [0.1, 0.15) is 0 Å². The fourth-order valence-electron chi connectivity index (χ4n) is 1.44. The van der Waals surface area contributed by atoms with Crippen LogP contribution >= 0.6 is 11.8 Å². The van der Waals surface area contributed by atoms with Gasteiger partial charge in [-0.1, -0.05) is 30.0 Å². The molecule has 1 fully saturated rings. The van der Waals surface area contributed by atoms with E-state index in [1.165, 1.54) is 11.8 Å². The van der Waals surface area contributed by atoms with E-state index in [1.54, 1.807) is 9.91 Å². The lowest BCUT2D eigenvalue weighted by Gasteiger charge is -2.17. The molecule has 0 bridgehead atoms. The summed E-state index contributed by atoms with van der Waals surface area (Å²) in [6.45, 7) is 0. The van der Waals surface area contributed by atoms with E-state index in [4.69, 9.17) is 0 Å². The highest BCUT2D eigenvalue weighted by Crippen LogP contribution is 2.26. The van der Waals surface area contributed by atoms with E-state index < -0.39 is 0 Å². The van der Waals surface area contributed by atoms with Gasteiger partial charge in [0.2, 0.25) is 5.91 Å². The molecule has 1 aliphatic heterocycles. The summed E-state index contributed by atoms with van der Waals surface area (Å²) in [6.07, 6.45) is 0. The molecule has 0 unspecified atom stereocenters. The van der Waals surface area contributed by atoms with Crippen molar-refractivity contribution in [2.24, 2.45) is 5.10 Å². The van der Waals surface area contributed by atoms with Gasteiger partial charge in [-0.2, -0.15) is 5.10 Å². The number of hydrazone groups is 1. The number of para-hydroxylation sites is 1. The lowest BCUT2D eigenvalue weighted by molar-refractivity contribution is -0.115. The Morgan fingerprint density at radius 3 is 2.62 bits per heavy atom. The number of rotatable bonds is 2. The Kier molecular flexibility index (Phi) is 3.14. The molecule has 0 N–H and O–H groups in total. The Morgan fingerprint density at radius 2 is 2.00 bits per heavy atom. The number of hydrogen-bond acceptors (Lipinski definition) is 4. The van der Waals surface area contributed by atoms with Crippen molar-refractivity contribution in [1.82, 2.24) is 5.01 Å². The van der Waals surface area contributed by atoms with Crippen LogP contribution < -0.4 is 4.90 Å². The predicted molar refractivity (Wildman–Crippen MR) is 67.5 cm³/mol. The quantitative estimate of drug-likeness (QED) is 0.730. The van der Waals surface area contributed by atoms with E-state index in [0.717, 1.165) is 10.9 Å². The van der Waals surface area contributed by atoms with Crippen molar-refractivity contribution in [3.63, 3.8) is 0 Å². The summed E-state index contributed by atoms with van der Waals surface area (Å²) in [5, 5.41) is 6.75. The largest absolute Gasteiger partial charge is 0.301 e. The Labute approximate surface area is 98.9 Å². The topological polar surface area (TPSA) is 35.9 Å². The molecule has 1 aromatic carbocycles. The van der Waals surface area contributed by atoms with Gasteiger partial charge in [-0.25, -0.2) is 0 Å². The summed E-state index contributed by atoms with van der Waals surface area (Å²) in [4.78, 5) is 13.4. The van der Waals surface area contributed by atoms with Gasteiger partial charge in [0.1, 0.15) is 0 Å². The van der Waals surface area contributed by atoms with Gasteiger partial charge in [0.25, 0.3) is 0 Å². The van der Waals surface area contributed by atoms with Crippen LogP contribution in [0.2, 0.25) is 0 Å². The van der Waals surface area contributed by atoms with Crippen LogP contribution in [0.15, 0.2) is 35.4 Å². The van der Waals surface area contributed by atoms with Crippen molar-refractivity contribution in [3.05, 3.63) is 30.3 Å². The van der Waals surface area contributed by atoms with Gasteiger partial charge in [-0.15, -0.1) is 0 Å². The third-order valence-corrected chi connectivity index (χ3v) is 2.98. The molecule has 16 heavy (non-hydrogen) atoms. The minimum Gasteiger partial charge on any atom is -0.301 e. The highest BCUT2D eigenvalue weighted by atomic mass is 32.2. The maximum Gasteiger partial charge on any atom is 0.243 e. The van der Waals surface area contributed by atoms with Crippen LogP contribution in [-0.2, 0) is 4.79 Å². The standard InChI is InChI=1S/C11H13N3OS/c1-13(2)12-11-14(10(15)8-16-11)9-6-4-3-5-7-9/h3-7H,8H2,1-2H3/b12-11-. The Balaban J connectivity index is 2.34. The fourth-order valence-corrected chi connectivity index (χ4v) is 2.38. The van der Waals surface area contributed by atoms with Gasteiger partial charge in [-0.05, 0) is 12.1 Å². The number of carbonyl (C=O) groups excluding carboxylic acids is 1. The van der Waals surface area contributed by atoms with Crippen molar-refractivity contribution < 1.29 is 4.79 Å². The van der Waals surface area contributed by atoms with Gasteiger partial charge in [0, 0.05) is 14.1 Å². The molecule has 0 atom stereocenters. The minimum absolute atomic E-state index is 0.0804. The zero-order chi connectivity index (χ0) is 11.5. The number of carbonyl (C=O) groups is 1. The Bertz CT molecular complexity index is 416. The average molecular weight is 235 g/mol. The number of hydrogen-bond donors (Lipinski definition) is 0. The first-order chi connectivity index (χ1) is 7.68. The molecular formula is C11H13N3OS. The summed E-state index contributed by atoms with van der Waals surface area (Å²) in [7, 11) is 3.69. The lowest BCUT2D eigenvalue weighted by Crippen LogP contribution is -2.30. The SMILES string of the molecule is CN(C)/N=C1\SCC(=O)N1c1ccccc1. The van der Waals surface area contributed by atoms with Crippen LogP contribution in [0.4, 0.5) is 5.69 Å². The molecular weight excluding hydrogens is 222 g/mol. The van der Waals surface area contributed by atoms with E-state index in [-0.39, 0.29) is 5.91 Å². The van der Waals surface area contributed by atoms with Crippen molar-refractivity contribution in [1.29, 1.82) is 0 Å². The van der Waals surface area contributed by atoms with Crippen molar-refractivity contribution in [2.75, 3.05) is 24.7 Å². The van der Waals surface area contributed by atoms with Crippen LogP contribution in [0.3, 0.4) is 0 Å². The predicted octanol–water partition coefficient (Wildman–Crippen LogP) is 1.60. The fraction of sp³-hybridized carbons (Fsp3) is 0.273. The Hall–Kier alpha value is -1.49. The molecule has 2 rings (SSSR count). The molecule has 1 heterocycles. The zero-order valence-corrected chi connectivity index (χ0v) is 10.1. The molecule has 1 aromatic rings. The van der Waals surface area contributed by atoms with Gasteiger partial charge >= 0.3 is 0 Å². The van der Waals surface area contributed by atoms with Crippen molar-refractivity contribution >= 4 is 28.5 Å². The maximum atomic E-state index is 11.8. The number of amides is 1. The van der Waals surface area contributed by atoms with Gasteiger partial charge < -0.3 is 5.01 Å². The van der Waals surface area contributed by atoms with Gasteiger partial charge in [-0.3, -0.25) is 9.69 Å². The second kappa shape index (κ2) is 4.57. The normalized spacial score (nSPS) is 18.2. The monoisotopic (exact) mass is 235 g/mol. The summed E-state index contributed by atoms with van der Waals surface area (Å²) in [5.74, 6) is 0.540. The highest BCUT2D eigenvalue weighted by molar-refractivity contribution is 8.15. The molecule has 84 valence electrons. The molecule has 4 nitrogen and oxygen atoms in total. The zero-order valence-electron chi connectivity index (χ0n) is 9.25. The van der Waals surface area contributed by atoms with E-state index in [9.17, 15) is 4.79 Å². The molecule has 0 saturated carbocycles. The summed E-state index contributed by atoms with van der Waals surface area (Å²) < 4.78 is 0. The van der Waals surface area contributed by atoms with Crippen LogP contribution in [-0.4, -0.2) is 35.9 Å². The average Bonchev–Trinajstić information content (AvgIpc) is 2.60. The first-order valence-corrected chi connectivity index (χ1v) is 5.94. The first kappa shape index (κ1) is 11.0. The maximum absolute atomic E-state index is 11.8. The second-order valence-electron chi connectivity index (χ2n) is 3.58. The molecule has 1 aliphatic rings. The van der Waals surface area contributed by atoms with E-state index in [0.29, 0.717) is 5.75 Å². The third-order valence-electron chi connectivity index (χ3n) is 2.07. The second-order valence-corrected chi connectivity index (χ2v) is 4.53. The molecule has 0 aliphatic carbocycles. The van der Waals surface area contributed by atoms with Crippen molar-refractivity contribution in [2.45, 2.75) is 0 Å². The number of anilines is 1. The number of benzene rings is 1. The minimum atomic E-state index is 0.0804. The van der Waals surface area contributed by atoms with Crippen LogP contribution in [0, 0.1) is 0 Å². The number of amidine groups is 1. The lowest BCUT2D eigenvalue weighted by atomic mass is 10.3.